The predicted octanol–water partition coefficient (Wildman–Crippen LogP) is 2.82. The molecule has 0 aliphatic heterocycles. The second kappa shape index (κ2) is 5.16. The summed E-state index contributed by atoms with van der Waals surface area (Å²) in [5, 5.41) is 16.9. The number of hydrogen-bond acceptors (Lipinski definition) is 5. The summed E-state index contributed by atoms with van der Waals surface area (Å²) in [5.74, 6) is -0.503. The number of fused-ring (bicyclic) bond motifs is 1. The summed E-state index contributed by atoms with van der Waals surface area (Å²) in [5.41, 5.74) is 2.21. The Balaban J connectivity index is 1.91. The van der Waals surface area contributed by atoms with Gasteiger partial charge in [-0.2, -0.15) is 4.98 Å². The molecule has 1 heterocycles. The number of rotatable bonds is 3. The number of hydrogen-bond donors (Lipinski definition) is 1. The van der Waals surface area contributed by atoms with Gasteiger partial charge in [-0.05, 0) is 42.8 Å². The summed E-state index contributed by atoms with van der Waals surface area (Å²) in [6.07, 6.45) is 0. The molecule has 0 radical (unpaired) electrons. The molecule has 3 aromatic rings. The molecule has 0 amide bonds. The third kappa shape index (κ3) is 2.64. The Morgan fingerprint density at radius 3 is 2.57 bits per heavy atom. The fourth-order valence-corrected chi connectivity index (χ4v) is 1.95. The lowest BCUT2D eigenvalue weighted by atomic mass is 10.1. The van der Waals surface area contributed by atoms with Crippen molar-refractivity contribution in [3.8, 4) is 11.8 Å². The van der Waals surface area contributed by atoms with E-state index in [4.69, 9.17) is 9.84 Å². The lowest BCUT2D eigenvalue weighted by Crippen LogP contribution is -2.00. The molecular formula is C15H11N3O3. The van der Waals surface area contributed by atoms with Gasteiger partial charge >= 0.3 is 12.0 Å². The number of aryl methyl sites for hydroxylation is 1. The lowest BCUT2D eigenvalue weighted by Gasteiger charge is -2.06. The first-order chi connectivity index (χ1) is 10.1. The van der Waals surface area contributed by atoms with Crippen LogP contribution in [0.15, 0.2) is 42.5 Å². The second-order valence-corrected chi connectivity index (χ2v) is 4.47. The number of ether oxygens (including phenoxy) is 1. The van der Waals surface area contributed by atoms with Crippen molar-refractivity contribution < 1.29 is 14.6 Å². The van der Waals surface area contributed by atoms with Crippen molar-refractivity contribution >= 4 is 17.0 Å². The van der Waals surface area contributed by atoms with E-state index < -0.39 is 5.97 Å². The summed E-state index contributed by atoms with van der Waals surface area (Å²) < 4.78 is 5.52. The number of carbonyl (C=O) groups is 1. The summed E-state index contributed by atoms with van der Waals surface area (Å²) in [6.45, 7) is 1.70. The van der Waals surface area contributed by atoms with Crippen LogP contribution in [0.3, 0.4) is 0 Å². The van der Waals surface area contributed by atoms with Crippen molar-refractivity contribution in [3.05, 3.63) is 53.6 Å². The Kier molecular flexibility index (Phi) is 3.19. The van der Waals surface area contributed by atoms with Crippen molar-refractivity contribution in [2.75, 3.05) is 0 Å². The summed E-state index contributed by atoms with van der Waals surface area (Å²) in [7, 11) is 0. The molecule has 21 heavy (non-hydrogen) atoms. The van der Waals surface area contributed by atoms with E-state index in [1.165, 1.54) is 6.07 Å². The predicted molar refractivity (Wildman–Crippen MR) is 75.5 cm³/mol. The molecule has 0 bridgehead atoms. The highest BCUT2D eigenvalue weighted by molar-refractivity contribution is 5.89. The van der Waals surface area contributed by atoms with Gasteiger partial charge in [0.15, 0.2) is 0 Å². The van der Waals surface area contributed by atoms with Gasteiger partial charge in [0.25, 0.3) is 0 Å². The van der Waals surface area contributed by atoms with Crippen molar-refractivity contribution in [2.24, 2.45) is 0 Å². The van der Waals surface area contributed by atoms with E-state index >= 15 is 0 Å². The third-order valence-electron chi connectivity index (χ3n) is 2.98. The number of nitrogens with zero attached hydrogens (tertiary/aromatic N) is 3. The number of carboxylic acid groups (broad SMARTS) is 1. The largest absolute Gasteiger partial charge is 0.478 e. The average molecular weight is 281 g/mol. The van der Waals surface area contributed by atoms with Gasteiger partial charge in [-0.1, -0.05) is 17.2 Å². The van der Waals surface area contributed by atoms with E-state index in [0.29, 0.717) is 22.3 Å². The van der Waals surface area contributed by atoms with Crippen LogP contribution in [0.2, 0.25) is 0 Å². The summed E-state index contributed by atoms with van der Waals surface area (Å²) in [6, 6.07) is 12.1. The zero-order valence-electron chi connectivity index (χ0n) is 11.1. The molecule has 3 rings (SSSR count). The minimum absolute atomic E-state index is 0.121. The zero-order valence-corrected chi connectivity index (χ0v) is 11.1. The molecule has 6 nitrogen and oxygen atoms in total. The highest BCUT2D eigenvalue weighted by Crippen LogP contribution is 2.22. The van der Waals surface area contributed by atoms with Crippen LogP contribution in [0.4, 0.5) is 0 Å². The first kappa shape index (κ1) is 13.0. The molecule has 1 N–H and O–H groups in total. The Bertz CT molecular complexity index is 833. The smallest absolute Gasteiger partial charge is 0.341 e. The quantitative estimate of drug-likeness (QED) is 0.794. The fraction of sp³-hybridized carbons (Fsp3) is 0.0667. The maximum absolute atomic E-state index is 11.0. The Morgan fingerprint density at radius 2 is 1.86 bits per heavy atom. The highest BCUT2D eigenvalue weighted by Gasteiger charge is 2.09. The Hall–Kier alpha value is -3.02. The van der Waals surface area contributed by atoms with Crippen molar-refractivity contribution in [2.45, 2.75) is 6.92 Å². The molecule has 1 aromatic heterocycles. The molecule has 104 valence electrons. The van der Waals surface area contributed by atoms with Crippen LogP contribution >= 0.6 is 0 Å². The molecular weight excluding hydrogens is 270 g/mol. The normalized spacial score (nSPS) is 10.5. The first-order valence-electron chi connectivity index (χ1n) is 6.25. The van der Waals surface area contributed by atoms with Gasteiger partial charge < -0.3 is 9.84 Å². The number of aromatic nitrogens is 3. The van der Waals surface area contributed by atoms with E-state index in [1.807, 2.05) is 24.3 Å². The number of aromatic carboxylic acids is 1. The standard InChI is InChI=1S/C15H11N3O3/c1-9-8-10(6-7-11(9)14(19)20)21-15-16-12-4-2-3-5-13(12)17-18-15/h2-8H,1H3,(H,19,20). The number of carboxylic acids is 1. The zero-order chi connectivity index (χ0) is 14.8. The minimum Gasteiger partial charge on any atom is -0.478 e. The molecule has 0 saturated heterocycles. The van der Waals surface area contributed by atoms with Crippen molar-refractivity contribution in [1.82, 2.24) is 15.2 Å². The SMILES string of the molecule is Cc1cc(Oc2nnc3ccccc3n2)ccc1C(=O)O. The van der Waals surface area contributed by atoms with Crippen LogP contribution in [-0.2, 0) is 0 Å². The van der Waals surface area contributed by atoms with Gasteiger partial charge in [-0.25, -0.2) is 4.79 Å². The molecule has 0 saturated carbocycles. The van der Waals surface area contributed by atoms with Crippen LogP contribution in [0, 0.1) is 6.92 Å². The molecule has 2 aromatic carbocycles. The Labute approximate surface area is 120 Å². The van der Waals surface area contributed by atoms with E-state index in [2.05, 4.69) is 15.2 Å². The fourth-order valence-electron chi connectivity index (χ4n) is 1.95. The van der Waals surface area contributed by atoms with Gasteiger partial charge in [-0.3, -0.25) is 0 Å². The summed E-state index contributed by atoms with van der Waals surface area (Å²) in [4.78, 5) is 15.2. The maximum Gasteiger partial charge on any atom is 0.341 e. The highest BCUT2D eigenvalue weighted by atomic mass is 16.5. The molecule has 0 fully saturated rings. The summed E-state index contributed by atoms with van der Waals surface area (Å²) >= 11 is 0. The van der Waals surface area contributed by atoms with Gasteiger partial charge in [0.05, 0.1) is 11.1 Å². The van der Waals surface area contributed by atoms with Gasteiger partial charge in [0.2, 0.25) is 0 Å². The van der Waals surface area contributed by atoms with Crippen LogP contribution in [0.5, 0.6) is 11.8 Å². The molecule has 0 atom stereocenters. The molecule has 0 aliphatic carbocycles. The topological polar surface area (TPSA) is 85.2 Å². The second-order valence-electron chi connectivity index (χ2n) is 4.47. The molecule has 6 heteroatoms. The van der Waals surface area contributed by atoms with E-state index in [-0.39, 0.29) is 11.6 Å². The van der Waals surface area contributed by atoms with Gasteiger partial charge in [-0.15, -0.1) is 5.10 Å². The van der Waals surface area contributed by atoms with Crippen LogP contribution in [0.1, 0.15) is 15.9 Å². The lowest BCUT2D eigenvalue weighted by molar-refractivity contribution is 0.0696. The van der Waals surface area contributed by atoms with E-state index in [9.17, 15) is 4.79 Å². The van der Waals surface area contributed by atoms with Crippen LogP contribution in [-0.4, -0.2) is 26.3 Å². The van der Waals surface area contributed by atoms with E-state index in [1.54, 1.807) is 19.1 Å². The number of para-hydroxylation sites is 1. The Morgan fingerprint density at radius 1 is 1.10 bits per heavy atom. The molecule has 0 aliphatic rings. The molecule has 0 unspecified atom stereocenters. The third-order valence-corrected chi connectivity index (χ3v) is 2.98. The van der Waals surface area contributed by atoms with E-state index in [0.717, 1.165) is 0 Å². The first-order valence-corrected chi connectivity index (χ1v) is 6.25. The van der Waals surface area contributed by atoms with Gasteiger partial charge in [0, 0.05) is 0 Å². The van der Waals surface area contributed by atoms with Crippen molar-refractivity contribution in [3.63, 3.8) is 0 Å². The van der Waals surface area contributed by atoms with Crippen molar-refractivity contribution in [1.29, 1.82) is 0 Å². The average Bonchev–Trinajstić information content (AvgIpc) is 2.47. The minimum atomic E-state index is -0.970. The molecule has 0 spiro atoms. The number of benzene rings is 2. The maximum atomic E-state index is 11.0. The van der Waals surface area contributed by atoms with Crippen LogP contribution in [0.25, 0.3) is 11.0 Å². The van der Waals surface area contributed by atoms with Gasteiger partial charge in [0.1, 0.15) is 11.3 Å². The monoisotopic (exact) mass is 281 g/mol. The van der Waals surface area contributed by atoms with Crippen LogP contribution < -0.4 is 4.74 Å².